The predicted octanol–water partition coefficient (Wildman–Crippen LogP) is 3.25. The van der Waals surface area contributed by atoms with Crippen molar-refractivity contribution in [1.82, 2.24) is 0 Å². The number of hydrogen-bond acceptors (Lipinski definition) is 3. The van der Waals surface area contributed by atoms with E-state index in [0.717, 1.165) is 4.47 Å². The fraction of sp³-hybridized carbons (Fsp3) is 0.133. The smallest absolute Gasteiger partial charge is 0.255 e. The first-order valence-electron chi connectivity index (χ1n) is 6.17. The summed E-state index contributed by atoms with van der Waals surface area (Å²) in [5.74, 6) is -0.259. The van der Waals surface area contributed by atoms with Gasteiger partial charge in [-0.05, 0) is 42.0 Å². The molecule has 2 aromatic carbocycles. The molecule has 0 radical (unpaired) electrons. The third-order valence-electron chi connectivity index (χ3n) is 2.75. The predicted molar refractivity (Wildman–Crippen MR) is 87.1 cm³/mol. The summed E-state index contributed by atoms with van der Waals surface area (Å²) in [6.45, 7) is 0. The van der Waals surface area contributed by atoms with Gasteiger partial charge in [0, 0.05) is 22.0 Å². The molecule has 0 saturated carbocycles. The lowest BCUT2D eigenvalue weighted by atomic mass is 10.1. The van der Waals surface area contributed by atoms with Crippen molar-refractivity contribution >= 4 is 37.4 Å². The normalized spacial score (nSPS) is 11.1. The molecule has 0 fully saturated rings. The number of benzene rings is 2. The summed E-state index contributed by atoms with van der Waals surface area (Å²) in [5.41, 5.74) is 1.84. The van der Waals surface area contributed by atoms with E-state index in [9.17, 15) is 13.2 Å². The van der Waals surface area contributed by atoms with Gasteiger partial charge in [-0.2, -0.15) is 0 Å². The maximum Gasteiger partial charge on any atom is 0.255 e. The highest BCUT2D eigenvalue weighted by Gasteiger charge is 2.08. The minimum atomic E-state index is -3.07. The second kappa shape index (κ2) is 6.41. The fourth-order valence-electron chi connectivity index (χ4n) is 1.79. The van der Waals surface area contributed by atoms with Crippen molar-refractivity contribution in [1.29, 1.82) is 0 Å². The van der Waals surface area contributed by atoms with Crippen LogP contribution in [0.3, 0.4) is 0 Å². The van der Waals surface area contributed by atoms with E-state index >= 15 is 0 Å². The zero-order valence-corrected chi connectivity index (χ0v) is 13.7. The van der Waals surface area contributed by atoms with Crippen LogP contribution in [0.5, 0.6) is 0 Å². The first-order valence-corrected chi connectivity index (χ1v) is 9.02. The molecule has 110 valence electrons. The van der Waals surface area contributed by atoms with Crippen LogP contribution in [-0.2, 0) is 15.6 Å². The number of carbonyl (C=O) groups excluding carboxylic acids is 1. The summed E-state index contributed by atoms with van der Waals surface area (Å²) < 4.78 is 23.3. The number of amides is 1. The van der Waals surface area contributed by atoms with Gasteiger partial charge in [-0.25, -0.2) is 8.42 Å². The molecule has 0 saturated heterocycles. The monoisotopic (exact) mass is 367 g/mol. The SMILES string of the molecule is CS(=O)(=O)Cc1ccc(C(=O)Nc2ccc(Br)cc2)cc1. The highest BCUT2D eigenvalue weighted by atomic mass is 79.9. The summed E-state index contributed by atoms with van der Waals surface area (Å²) in [6, 6.07) is 13.8. The summed E-state index contributed by atoms with van der Waals surface area (Å²) in [7, 11) is -3.07. The van der Waals surface area contributed by atoms with Crippen molar-refractivity contribution in [3.63, 3.8) is 0 Å². The van der Waals surface area contributed by atoms with Gasteiger partial charge in [0.25, 0.3) is 5.91 Å². The Labute approximate surface area is 132 Å². The number of nitrogens with one attached hydrogen (secondary N) is 1. The zero-order valence-electron chi connectivity index (χ0n) is 11.3. The van der Waals surface area contributed by atoms with Gasteiger partial charge in [-0.3, -0.25) is 4.79 Å². The van der Waals surface area contributed by atoms with Crippen molar-refractivity contribution in [2.45, 2.75) is 5.75 Å². The lowest BCUT2D eigenvalue weighted by Crippen LogP contribution is -2.12. The van der Waals surface area contributed by atoms with Gasteiger partial charge < -0.3 is 5.32 Å². The molecule has 4 nitrogen and oxygen atoms in total. The van der Waals surface area contributed by atoms with E-state index in [1.165, 1.54) is 6.26 Å². The lowest BCUT2D eigenvalue weighted by molar-refractivity contribution is 0.102. The maximum atomic E-state index is 12.1. The van der Waals surface area contributed by atoms with Gasteiger partial charge in [0.05, 0.1) is 5.75 Å². The van der Waals surface area contributed by atoms with Crippen LogP contribution in [0, 0.1) is 0 Å². The molecular weight excluding hydrogens is 354 g/mol. The molecule has 2 aromatic rings. The van der Waals surface area contributed by atoms with Crippen LogP contribution in [0.1, 0.15) is 15.9 Å². The van der Waals surface area contributed by atoms with E-state index in [0.29, 0.717) is 16.8 Å². The number of carbonyl (C=O) groups is 1. The molecule has 0 aliphatic heterocycles. The molecule has 0 spiro atoms. The Morgan fingerprint density at radius 2 is 1.62 bits per heavy atom. The number of rotatable bonds is 4. The summed E-state index contributed by atoms with van der Waals surface area (Å²) >= 11 is 3.33. The van der Waals surface area contributed by atoms with Crippen molar-refractivity contribution in [2.24, 2.45) is 0 Å². The molecule has 0 bridgehead atoms. The fourth-order valence-corrected chi connectivity index (χ4v) is 2.85. The highest BCUT2D eigenvalue weighted by molar-refractivity contribution is 9.10. The molecule has 0 atom stereocenters. The molecule has 0 aliphatic carbocycles. The van der Waals surface area contributed by atoms with Crippen molar-refractivity contribution < 1.29 is 13.2 Å². The molecule has 0 aliphatic rings. The average molecular weight is 368 g/mol. The molecule has 0 heterocycles. The average Bonchev–Trinajstić information content (AvgIpc) is 2.40. The van der Waals surface area contributed by atoms with Crippen LogP contribution < -0.4 is 5.32 Å². The lowest BCUT2D eigenvalue weighted by Gasteiger charge is -2.06. The third-order valence-corrected chi connectivity index (χ3v) is 4.13. The van der Waals surface area contributed by atoms with Crippen LogP contribution in [0.15, 0.2) is 53.0 Å². The summed E-state index contributed by atoms with van der Waals surface area (Å²) in [5, 5.41) is 2.78. The Kier molecular flexibility index (Phi) is 4.80. The topological polar surface area (TPSA) is 63.2 Å². The van der Waals surface area contributed by atoms with E-state index in [-0.39, 0.29) is 11.7 Å². The van der Waals surface area contributed by atoms with E-state index < -0.39 is 9.84 Å². The highest BCUT2D eigenvalue weighted by Crippen LogP contribution is 2.15. The van der Waals surface area contributed by atoms with Crippen LogP contribution >= 0.6 is 15.9 Å². The largest absolute Gasteiger partial charge is 0.322 e. The third kappa shape index (κ3) is 4.99. The van der Waals surface area contributed by atoms with Crippen LogP contribution in [-0.4, -0.2) is 20.6 Å². The van der Waals surface area contributed by atoms with Crippen LogP contribution in [0.2, 0.25) is 0 Å². The second-order valence-electron chi connectivity index (χ2n) is 4.73. The Balaban J connectivity index is 2.08. The summed E-state index contributed by atoms with van der Waals surface area (Å²) in [4.78, 5) is 12.1. The van der Waals surface area contributed by atoms with Crippen LogP contribution in [0.4, 0.5) is 5.69 Å². The van der Waals surface area contributed by atoms with Gasteiger partial charge in [0.1, 0.15) is 0 Å². The van der Waals surface area contributed by atoms with E-state index in [4.69, 9.17) is 0 Å². The minimum Gasteiger partial charge on any atom is -0.322 e. The van der Waals surface area contributed by atoms with Gasteiger partial charge in [0.15, 0.2) is 9.84 Å². The first-order chi connectivity index (χ1) is 9.83. The first kappa shape index (κ1) is 15.7. The number of sulfone groups is 1. The molecule has 1 amide bonds. The number of hydrogen-bond donors (Lipinski definition) is 1. The molecule has 1 N–H and O–H groups in total. The van der Waals surface area contributed by atoms with E-state index in [1.54, 1.807) is 36.4 Å². The summed E-state index contributed by atoms with van der Waals surface area (Å²) in [6.07, 6.45) is 1.18. The van der Waals surface area contributed by atoms with Gasteiger partial charge in [0.2, 0.25) is 0 Å². The number of halogens is 1. The molecule has 0 aromatic heterocycles. The maximum absolute atomic E-state index is 12.1. The number of anilines is 1. The van der Waals surface area contributed by atoms with Crippen molar-refractivity contribution in [2.75, 3.05) is 11.6 Å². The standard InChI is InChI=1S/C15H14BrNO3S/c1-21(19,20)10-11-2-4-12(5-3-11)15(18)17-14-8-6-13(16)7-9-14/h2-9H,10H2,1H3,(H,17,18). The van der Waals surface area contributed by atoms with Gasteiger partial charge >= 0.3 is 0 Å². The molecule has 0 unspecified atom stereocenters. The van der Waals surface area contributed by atoms with Gasteiger partial charge in [-0.1, -0.05) is 28.1 Å². The Morgan fingerprint density at radius 3 is 2.14 bits per heavy atom. The molecule has 21 heavy (non-hydrogen) atoms. The Hall–Kier alpha value is -1.66. The Bertz CT molecular complexity index is 737. The Morgan fingerprint density at radius 1 is 1.05 bits per heavy atom. The van der Waals surface area contributed by atoms with Gasteiger partial charge in [-0.15, -0.1) is 0 Å². The second-order valence-corrected chi connectivity index (χ2v) is 7.78. The molecule has 6 heteroatoms. The van der Waals surface area contributed by atoms with Crippen molar-refractivity contribution in [3.8, 4) is 0 Å². The molecule has 2 rings (SSSR count). The van der Waals surface area contributed by atoms with E-state index in [1.807, 2.05) is 12.1 Å². The molecular formula is C15H14BrNO3S. The van der Waals surface area contributed by atoms with E-state index in [2.05, 4.69) is 21.2 Å². The van der Waals surface area contributed by atoms with Crippen molar-refractivity contribution in [3.05, 3.63) is 64.1 Å². The zero-order chi connectivity index (χ0) is 15.5. The van der Waals surface area contributed by atoms with Crippen LogP contribution in [0.25, 0.3) is 0 Å². The minimum absolute atomic E-state index is 0.0262. The quantitative estimate of drug-likeness (QED) is 0.901.